The number of primary amides is 1. The predicted octanol–water partition coefficient (Wildman–Crippen LogP) is 1.75. The van der Waals surface area contributed by atoms with Crippen LogP contribution in [-0.4, -0.2) is 45.4 Å². The van der Waals surface area contributed by atoms with E-state index in [2.05, 4.69) is 31.0 Å². The summed E-state index contributed by atoms with van der Waals surface area (Å²) in [6.45, 7) is -0.0366. The molecule has 11 heteroatoms. The number of ether oxygens (including phenoxy) is 1. The lowest BCUT2D eigenvalue weighted by atomic mass is 10.2. The van der Waals surface area contributed by atoms with Crippen LogP contribution < -0.4 is 20.5 Å². The van der Waals surface area contributed by atoms with E-state index in [1.165, 1.54) is 7.11 Å². The third-order valence-electron chi connectivity index (χ3n) is 4.28. The summed E-state index contributed by atoms with van der Waals surface area (Å²) in [5, 5.41) is 2.95. The van der Waals surface area contributed by atoms with Gasteiger partial charge in [-0.05, 0) is 42.5 Å². The van der Waals surface area contributed by atoms with Gasteiger partial charge < -0.3 is 20.8 Å². The zero-order valence-corrected chi connectivity index (χ0v) is 18.3. The first kappa shape index (κ1) is 21.8. The number of hydrogen-bond acceptors (Lipinski definition) is 5. The molecule has 0 unspecified atom stereocenters. The molecule has 0 saturated heterocycles. The molecule has 2 aromatic carbocycles. The van der Waals surface area contributed by atoms with E-state index in [-0.39, 0.29) is 29.6 Å². The van der Waals surface area contributed by atoms with Crippen molar-refractivity contribution >= 4 is 48.7 Å². The first-order valence-corrected chi connectivity index (χ1v) is 11.0. The van der Waals surface area contributed by atoms with Crippen molar-refractivity contribution in [2.24, 2.45) is 5.73 Å². The van der Waals surface area contributed by atoms with Crippen LogP contribution in [0.2, 0.25) is 0 Å². The zero-order valence-electron chi connectivity index (χ0n) is 15.9. The second kappa shape index (κ2) is 8.86. The third-order valence-corrected chi connectivity index (χ3v) is 6.32. The standard InChI is InChI=1S/C19H19BrN4O5S/c1-29-13-5-2-11(3-6-13)19(26)22-8-9-23-30(27,28)17-14-10-12(20)4-7-15(14)24-16(17)18(21)25/h2-7,10,23-24H,8-9H2,1H3,(H2,21,25)(H,22,26). The highest BCUT2D eigenvalue weighted by molar-refractivity contribution is 9.10. The van der Waals surface area contributed by atoms with E-state index in [1.807, 2.05) is 0 Å². The molecule has 30 heavy (non-hydrogen) atoms. The summed E-state index contributed by atoms with van der Waals surface area (Å²) in [5.41, 5.74) is 6.01. The number of rotatable bonds is 8. The zero-order chi connectivity index (χ0) is 21.9. The summed E-state index contributed by atoms with van der Waals surface area (Å²) < 4.78 is 33.8. The highest BCUT2D eigenvalue weighted by atomic mass is 79.9. The quantitative estimate of drug-likeness (QED) is 0.352. The number of hydrogen-bond donors (Lipinski definition) is 4. The molecule has 0 bridgehead atoms. The van der Waals surface area contributed by atoms with Crippen LogP contribution in [-0.2, 0) is 10.0 Å². The first-order valence-electron chi connectivity index (χ1n) is 8.76. The topological polar surface area (TPSA) is 143 Å². The lowest BCUT2D eigenvalue weighted by molar-refractivity contribution is 0.0953. The number of aromatic amines is 1. The van der Waals surface area contributed by atoms with Gasteiger partial charge in [0.15, 0.2) is 0 Å². The molecule has 0 atom stereocenters. The van der Waals surface area contributed by atoms with E-state index >= 15 is 0 Å². The SMILES string of the molecule is COc1ccc(C(=O)NCCNS(=O)(=O)c2c(C(N)=O)[nH]c3ccc(Br)cc23)cc1. The molecule has 5 N–H and O–H groups in total. The number of carbonyl (C=O) groups excluding carboxylic acids is 2. The minimum absolute atomic E-state index is 0.0437. The van der Waals surface area contributed by atoms with E-state index in [0.29, 0.717) is 26.7 Å². The first-order chi connectivity index (χ1) is 14.2. The highest BCUT2D eigenvalue weighted by Crippen LogP contribution is 2.29. The Morgan fingerprint density at radius 3 is 2.47 bits per heavy atom. The fourth-order valence-corrected chi connectivity index (χ4v) is 4.63. The molecule has 1 heterocycles. The normalized spacial score (nSPS) is 11.4. The summed E-state index contributed by atoms with van der Waals surface area (Å²) in [6.07, 6.45) is 0. The largest absolute Gasteiger partial charge is 0.497 e. The molecule has 0 radical (unpaired) electrons. The number of halogens is 1. The van der Waals surface area contributed by atoms with Gasteiger partial charge in [-0.3, -0.25) is 9.59 Å². The number of methoxy groups -OCH3 is 1. The fourth-order valence-electron chi connectivity index (χ4n) is 2.87. The molecule has 0 saturated carbocycles. The second-order valence-electron chi connectivity index (χ2n) is 6.27. The number of aromatic nitrogens is 1. The molecule has 3 rings (SSSR count). The van der Waals surface area contributed by atoms with Crippen LogP contribution in [0.5, 0.6) is 5.75 Å². The van der Waals surface area contributed by atoms with Crippen LogP contribution in [0.3, 0.4) is 0 Å². The van der Waals surface area contributed by atoms with Crippen LogP contribution in [0.25, 0.3) is 10.9 Å². The summed E-state index contributed by atoms with van der Waals surface area (Å²) >= 11 is 3.29. The monoisotopic (exact) mass is 494 g/mol. The number of nitrogens with one attached hydrogen (secondary N) is 3. The van der Waals surface area contributed by atoms with Crippen molar-refractivity contribution in [2.45, 2.75) is 4.90 Å². The number of sulfonamides is 1. The van der Waals surface area contributed by atoms with Crippen molar-refractivity contribution in [3.05, 3.63) is 58.2 Å². The maximum Gasteiger partial charge on any atom is 0.266 e. The highest BCUT2D eigenvalue weighted by Gasteiger charge is 2.27. The molecule has 1 aromatic heterocycles. The van der Waals surface area contributed by atoms with Crippen molar-refractivity contribution in [3.8, 4) is 5.75 Å². The van der Waals surface area contributed by atoms with E-state index in [1.54, 1.807) is 42.5 Å². The molecular weight excluding hydrogens is 476 g/mol. The smallest absolute Gasteiger partial charge is 0.266 e. The Morgan fingerprint density at radius 1 is 1.13 bits per heavy atom. The molecule has 3 aromatic rings. The van der Waals surface area contributed by atoms with Crippen LogP contribution in [0.1, 0.15) is 20.8 Å². The molecule has 9 nitrogen and oxygen atoms in total. The van der Waals surface area contributed by atoms with Gasteiger partial charge in [0.05, 0.1) is 7.11 Å². The third kappa shape index (κ3) is 4.64. The Bertz CT molecular complexity index is 1210. The maximum atomic E-state index is 12.8. The fraction of sp³-hybridized carbons (Fsp3) is 0.158. The molecule has 0 spiro atoms. The number of benzene rings is 2. The van der Waals surface area contributed by atoms with Crippen LogP contribution in [0.4, 0.5) is 0 Å². The average molecular weight is 495 g/mol. The number of amides is 2. The van der Waals surface area contributed by atoms with Crippen molar-refractivity contribution in [1.82, 2.24) is 15.0 Å². The lowest BCUT2D eigenvalue weighted by Crippen LogP contribution is -2.35. The van der Waals surface area contributed by atoms with E-state index < -0.39 is 15.9 Å². The lowest BCUT2D eigenvalue weighted by Gasteiger charge is -2.09. The van der Waals surface area contributed by atoms with Gasteiger partial charge >= 0.3 is 0 Å². The van der Waals surface area contributed by atoms with Crippen molar-refractivity contribution in [3.63, 3.8) is 0 Å². The Balaban J connectivity index is 1.71. The van der Waals surface area contributed by atoms with Gasteiger partial charge in [-0.2, -0.15) is 0 Å². The van der Waals surface area contributed by atoms with Gasteiger partial charge in [0.1, 0.15) is 16.3 Å². The molecule has 0 aliphatic heterocycles. The molecular formula is C19H19BrN4O5S. The van der Waals surface area contributed by atoms with E-state index in [0.717, 1.165) is 0 Å². The number of nitrogens with two attached hydrogens (primary N) is 1. The van der Waals surface area contributed by atoms with Gasteiger partial charge in [0, 0.05) is 34.0 Å². The Hall–Kier alpha value is -2.89. The molecule has 0 aliphatic carbocycles. The number of carbonyl (C=O) groups is 2. The van der Waals surface area contributed by atoms with Crippen molar-refractivity contribution in [2.75, 3.05) is 20.2 Å². The predicted molar refractivity (Wildman–Crippen MR) is 115 cm³/mol. The summed E-state index contributed by atoms with van der Waals surface area (Å²) in [4.78, 5) is 26.4. The summed E-state index contributed by atoms with van der Waals surface area (Å²) in [5.74, 6) is -0.629. The molecule has 0 aliphatic rings. The Labute approximate surface area is 181 Å². The van der Waals surface area contributed by atoms with Crippen LogP contribution in [0.15, 0.2) is 51.8 Å². The van der Waals surface area contributed by atoms with Gasteiger partial charge in [0.25, 0.3) is 11.8 Å². The van der Waals surface area contributed by atoms with E-state index in [9.17, 15) is 18.0 Å². The van der Waals surface area contributed by atoms with Crippen LogP contribution >= 0.6 is 15.9 Å². The van der Waals surface area contributed by atoms with Crippen molar-refractivity contribution in [1.29, 1.82) is 0 Å². The summed E-state index contributed by atoms with van der Waals surface area (Å²) in [7, 11) is -2.55. The van der Waals surface area contributed by atoms with Gasteiger partial charge in [-0.15, -0.1) is 0 Å². The molecule has 2 amide bonds. The molecule has 0 fully saturated rings. The van der Waals surface area contributed by atoms with Gasteiger partial charge in [0.2, 0.25) is 10.0 Å². The second-order valence-corrected chi connectivity index (χ2v) is 8.88. The summed E-state index contributed by atoms with van der Waals surface area (Å²) in [6, 6.07) is 11.4. The van der Waals surface area contributed by atoms with Gasteiger partial charge in [-0.25, -0.2) is 13.1 Å². The number of H-pyrrole nitrogens is 1. The Kier molecular flexibility index (Phi) is 6.44. The van der Waals surface area contributed by atoms with Gasteiger partial charge in [-0.1, -0.05) is 15.9 Å². The number of fused-ring (bicyclic) bond motifs is 1. The molecule has 158 valence electrons. The minimum atomic E-state index is -4.08. The van der Waals surface area contributed by atoms with E-state index in [4.69, 9.17) is 10.5 Å². The average Bonchev–Trinajstić information content (AvgIpc) is 3.11. The van der Waals surface area contributed by atoms with Crippen LogP contribution in [0, 0.1) is 0 Å². The maximum absolute atomic E-state index is 12.8. The van der Waals surface area contributed by atoms with Crippen molar-refractivity contribution < 1.29 is 22.7 Å². The Morgan fingerprint density at radius 2 is 1.83 bits per heavy atom. The minimum Gasteiger partial charge on any atom is -0.497 e.